The number of fused-ring (bicyclic) bond motifs is 1. The fourth-order valence-electron chi connectivity index (χ4n) is 3.19. The smallest absolute Gasteiger partial charge is 0.276 e. The van der Waals surface area contributed by atoms with Gasteiger partial charge in [0, 0.05) is 23.5 Å². The second-order valence-corrected chi connectivity index (χ2v) is 6.70. The maximum Gasteiger partial charge on any atom is 0.276 e. The number of aromatic amines is 1. The van der Waals surface area contributed by atoms with E-state index in [-0.39, 0.29) is 11.5 Å². The highest BCUT2D eigenvalue weighted by atomic mass is 16.1. The van der Waals surface area contributed by atoms with Crippen molar-refractivity contribution in [3.63, 3.8) is 0 Å². The minimum Gasteiger partial charge on any atom is -0.295 e. The lowest BCUT2D eigenvalue weighted by Gasteiger charge is -2.10. The van der Waals surface area contributed by atoms with Crippen LogP contribution in [-0.4, -0.2) is 24.4 Å². The Morgan fingerprint density at radius 2 is 2.04 bits per heavy atom. The van der Waals surface area contributed by atoms with Crippen LogP contribution in [0.15, 0.2) is 53.7 Å². The van der Waals surface area contributed by atoms with Crippen molar-refractivity contribution in [3.05, 3.63) is 76.0 Å². The van der Waals surface area contributed by atoms with Crippen molar-refractivity contribution < 1.29 is 0 Å². The summed E-state index contributed by atoms with van der Waals surface area (Å²) in [6, 6.07) is 12.1. The summed E-state index contributed by atoms with van der Waals surface area (Å²) in [6.45, 7) is 4.54. The van der Waals surface area contributed by atoms with Crippen LogP contribution in [0.4, 0.5) is 0 Å². The van der Waals surface area contributed by atoms with Crippen molar-refractivity contribution in [1.82, 2.24) is 24.4 Å². The number of aromatic nitrogens is 5. The number of hydrogen-bond acceptors (Lipinski definition) is 4. The van der Waals surface area contributed by atoms with E-state index in [1.807, 2.05) is 55.1 Å². The van der Waals surface area contributed by atoms with Gasteiger partial charge in [-0.2, -0.15) is 10.4 Å². The molecule has 0 aliphatic rings. The molecule has 7 heteroatoms. The first kappa shape index (κ1) is 16.8. The summed E-state index contributed by atoms with van der Waals surface area (Å²) in [5.41, 5.74) is 3.54. The Labute approximate surface area is 155 Å². The van der Waals surface area contributed by atoms with Crippen molar-refractivity contribution in [3.8, 4) is 17.3 Å². The molecule has 0 atom stereocenters. The van der Waals surface area contributed by atoms with Crippen LogP contribution in [0.25, 0.3) is 16.9 Å². The zero-order chi connectivity index (χ0) is 19.0. The monoisotopic (exact) mass is 358 g/mol. The fourth-order valence-corrected chi connectivity index (χ4v) is 3.19. The molecule has 1 aromatic carbocycles. The highest BCUT2D eigenvalue weighted by Gasteiger charge is 2.20. The van der Waals surface area contributed by atoms with Gasteiger partial charge in [0.25, 0.3) is 5.56 Å². The summed E-state index contributed by atoms with van der Waals surface area (Å²) in [5, 5.41) is 16.5. The van der Waals surface area contributed by atoms with E-state index in [1.54, 1.807) is 6.20 Å². The first-order valence-electron chi connectivity index (χ1n) is 8.69. The number of nitriles is 1. The standard InChI is InChI=1S/C20H18N6O/c1-13(2)17-18(24-19-15(8-21)9-23-26(19)20(17)27)16-10-22-25(12-16)11-14-6-4-3-5-7-14/h3-7,9-10,12-13,23H,11H2,1-2H3. The van der Waals surface area contributed by atoms with Gasteiger partial charge >= 0.3 is 0 Å². The molecular weight excluding hydrogens is 340 g/mol. The SMILES string of the molecule is CC(C)c1c(-c2cnn(Cc3ccccc3)c2)nc2c(C#N)c[nH]n2c1=O. The maximum absolute atomic E-state index is 12.9. The lowest BCUT2D eigenvalue weighted by molar-refractivity contribution is 0.687. The predicted molar refractivity (Wildman–Crippen MR) is 101 cm³/mol. The van der Waals surface area contributed by atoms with E-state index in [0.29, 0.717) is 29.0 Å². The highest BCUT2D eigenvalue weighted by molar-refractivity contribution is 5.67. The number of rotatable bonds is 4. The predicted octanol–water partition coefficient (Wildman–Crippen LogP) is 2.93. The summed E-state index contributed by atoms with van der Waals surface area (Å²) in [6.07, 6.45) is 5.10. The summed E-state index contributed by atoms with van der Waals surface area (Å²) in [4.78, 5) is 17.6. The Bertz CT molecular complexity index is 1210. The van der Waals surface area contributed by atoms with Gasteiger partial charge in [0.2, 0.25) is 0 Å². The summed E-state index contributed by atoms with van der Waals surface area (Å²) >= 11 is 0. The van der Waals surface area contributed by atoms with E-state index in [4.69, 9.17) is 0 Å². The van der Waals surface area contributed by atoms with Gasteiger partial charge in [0.15, 0.2) is 5.65 Å². The molecule has 0 radical (unpaired) electrons. The minimum absolute atomic E-state index is 0.0248. The molecule has 4 rings (SSSR count). The van der Waals surface area contributed by atoms with Gasteiger partial charge in [0.05, 0.1) is 18.4 Å². The Kier molecular flexibility index (Phi) is 4.09. The fraction of sp³-hybridized carbons (Fsp3) is 0.200. The van der Waals surface area contributed by atoms with Crippen LogP contribution < -0.4 is 5.56 Å². The quantitative estimate of drug-likeness (QED) is 0.607. The molecule has 0 spiro atoms. The van der Waals surface area contributed by atoms with Crippen LogP contribution in [0.3, 0.4) is 0 Å². The van der Waals surface area contributed by atoms with Crippen molar-refractivity contribution in [2.75, 3.05) is 0 Å². The van der Waals surface area contributed by atoms with Crippen LogP contribution in [0.2, 0.25) is 0 Å². The van der Waals surface area contributed by atoms with Gasteiger partial charge in [-0.05, 0) is 11.5 Å². The third-order valence-electron chi connectivity index (χ3n) is 4.49. The van der Waals surface area contributed by atoms with Crippen LogP contribution in [0, 0.1) is 11.3 Å². The van der Waals surface area contributed by atoms with Crippen molar-refractivity contribution in [2.45, 2.75) is 26.3 Å². The molecule has 0 aliphatic heterocycles. The van der Waals surface area contributed by atoms with Crippen LogP contribution >= 0.6 is 0 Å². The molecular formula is C20H18N6O. The molecule has 134 valence electrons. The Morgan fingerprint density at radius 3 is 2.74 bits per heavy atom. The average Bonchev–Trinajstić information content (AvgIpc) is 3.28. The summed E-state index contributed by atoms with van der Waals surface area (Å²) < 4.78 is 3.15. The Morgan fingerprint density at radius 1 is 1.26 bits per heavy atom. The van der Waals surface area contributed by atoms with Gasteiger partial charge in [0.1, 0.15) is 11.6 Å². The van der Waals surface area contributed by atoms with Gasteiger partial charge in [-0.1, -0.05) is 44.2 Å². The normalized spacial score (nSPS) is 11.2. The van der Waals surface area contributed by atoms with E-state index in [0.717, 1.165) is 11.1 Å². The Balaban J connectivity index is 1.85. The van der Waals surface area contributed by atoms with Crippen molar-refractivity contribution >= 4 is 5.65 Å². The van der Waals surface area contributed by atoms with E-state index < -0.39 is 0 Å². The van der Waals surface area contributed by atoms with Gasteiger partial charge < -0.3 is 0 Å². The number of H-pyrrole nitrogens is 1. The zero-order valence-electron chi connectivity index (χ0n) is 15.0. The molecule has 0 saturated heterocycles. The molecule has 0 amide bonds. The molecule has 4 aromatic rings. The second kappa shape index (κ2) is 6.57. The van der Waals surface area contributed by atoms with Crippen molar-refractivity contribution in [2.24, 2.45) is 0 Å². The summed E-state index contributed by atoms with van der Waals surface area (Å²) in [5.74, 6) is -0.0248. The van der Waals surface area contributed by atoms with Crippen molar-refractivity contribution in [1.29, 1.82) is 5.26 Å². The third kappa shape index (κ3) is 2.91. The van der Waals surface area contributed by atoms with Gasteiger partial charge in [-0.25, -0.2) is 9.50 Å². The maximum atomic E-state index is 12.9. The Hall–Kier alpha value is -3.66. The van der Waals surface area contributed by atoms with Gasteiger partial charge in [-0.3, -0.25) is 14.6 Å². The second-order valence-electron chi connectivity index (χ2n) is 6.70. The zero-order valence-corrected chi connectivity index (χ0v) is 15.0. The molecule has 0 fully saturated rings. The lowest BCUT2D eigenvalue weighted by atomic mass is 10.00. The van der Waals surface area contributed by atoms with Crippen LogP contribution in [0.5, 0.6) is 0 Å². The van der Waals surface area contributed by atoms with E-state index >= 15 is 0 Å². The van der Waals surface area contributed by atoms with E-state index in [2.05, 4.69) is 21.3 Å². The molecule has 3 aromatic heterocycles. The number of nitrogens with zero attached hydrogens (tertiary/aromatic N) is 5. The number of hydrogen-bond donors (Lipinski definition) is 1. The minimum atomic E-state index is -0.192. The summed E-state index contributed by atoms with van der Waals surface area (Å²) in [7, 11) is 0. The average molecular weight is 358 g/mol. The first-order chi connectivity index (χ1) is 13.1. The molecule has 3 heterocycles. The molecule has 0 unspecified atom stereocenters. The molecule has 0 saturated carbocycles. The lowest BCUT2D eigenvalue weighted by Crippen LogP contribution is -2.22. The molecule has 27 heavy (non-hydrogen) atoms. The van der Waals surface area contributed by atoms with E-state index in [1.165, 1.54) is 10.7 Å². The van der Waals surface area contributed by atoms with Gasteiger partial charge in [-0.15, -0.1) is 0 Å². The van der Waals surface area contributed by atoms with Crippen LogP contribution in [0.1, 0.15) is 36.5 Å². The topological polar surface area (TPSA) is 91.8 Å². The number of benzene rings is 1. The van der Waals surface area contributed by atoms with Crippen LogP contribution in [-0.2, 0) is 6.54 Å². The highest BCUT2D eigenvalue weighted by Crippen LogP contribution is 2.26. The molecule has 7 nitrogen and oxygen atoms in total. The third-order valence-corrected chi connectivity index (χ3v) is 4.49. The number of nitrogens with one attached hydrogen (secondary N) is 1. The molecule has 0 bridgehead atoms. The molecule has 1 N–H and O–H groups in total. The molecule has 0 aliphatic carbocycles. The largest absolute Gasteiger partial charge is 0.295 e. The van der Waals surface area contributed by atoms with E-state index in [9.17, 15) is 10.1 Å². The first-order valence-corrected chi connectivity index (χ1v) is 8.69.